The van der Waals surface area contributed by atoms with Gasteiger partial charge in [-0.2, -0.15) is 4.80 Å². The van der Waals surface area contributed by atoms with Crippen molar-refractivity contribution in [2.75, 3.05) is 7.11 Å². The first-order chi connectivity index (χ1) is 18.6. The third kappa shape index (κ3) is 8.23. The quantitative estimate of drug-likeness (QED) is 0.441. The number of amides is 2. The van der Waals surface area contributed by atoms with Gasteiger partial charge < -0.3 is 20.1 Å². The summed E-state index contributed by atoms with van der Waals surface area (Å²) in [4.78, 5) is 31.0. The largest absolute Gasteiger partial charge is 0.497 e. The summed E-state index contributed by atoms with van der Waals surface area (Å²) in [6, 6.07) is 11.1. The number of carbonyl (C=O) groups excluding carboxylic acids is 2. The summed E-state index contributed by atoms with van der Waals surface area (Å²) in [5.74, 6) is 1.18. The van der Waals surface area contributed by atoms with Crippen LogP contribution in [0.5, 0.6) is 5.75 Å². The predicted molar refractivity (Wildman–Crippen MR) is 145 cm³/mol. The number of methoxy groups -OCH3 is 1. The van der Waals surface area contributed by atoms with Crippen LogP contribution >= 0.6 is 0 Å². The summed E-state index contributed by atoms with van der Waals surface area (Å²) in [7, 11) is 1.61. The van der Waals surface area contributed by atoms with Crippen molar-refractivity contribution in [3.63, 3.8) is 0 Å². The molecule has 0 unspecified atom stereocenters. The normalized spacial score (nSPS) is 17.4. The minimum atomic E-state index is -0.527. The molecule has 4 rings (SSSR count). The number of carbonyl (C=O) groups is 2. The number of hydrogen-bond donors (Lipinski definition) is 2. The van der Waals surface area contributed by atoms with Gasteiger partial charge in [0.2, 0.25) is 5.82 Å². The third-order valence-corrected chi connectivity index (χ3v) is 6.41. The number of hydrogen-bond acceptors (Lipinski definition) is 8. The molecule has 0 saturated heterocycles. The van der Waals surface area contributed by atoms with Gasteiger partial charge in [-0.25, -0.2) is 9.78 Å². The Kier molecular flexibility index (Phi) is 8.78. The first-order valence-corrected chi connectivity index (χ1v) is 13.3. The molecular formula is C28H37N7O4. The van der Waals surface area contributed by atoms with Crippen LogP contribution in [-0.2, 0) is 17.8 Å². The molecule has 0 bridgehead atoms. The van der Waals surface area contributed by atoms with E-state index in [4.69, 9.17) is 9.47 Å². The van der Waals surface area contributed by atoms with Gasteiger partial charge in [-0.15, -0.1) is 10.2 Å². The fourth-order valence-electron chi connectivity index (χ4n) is 4.70. The molecule has 1 aromatic carbocycles. The average molecular weight is 536 g/mol. The van der Waals surface area contributed by atoms with Crippen molar-refractivity contribution in [1.29, 1.82) is 0 Å². The maximum absolute atomic E-state index is 12.9. The van der Waals surface area contributed by atoms with Crippen LogP contribution in [0.2, 0.25) is 0 Å². The van der Waals surface area contributed by atoms with E-state index in [1.807, 2.05) is 58.0 Å². The molecular weight excluding hydrogens is 498 g/mol. The van der Waals surface area contributed by atoms with Crippen molar-refractivity contribution < 1.29 is 19.1 Å². The molecule has 2 N–H and O–H groups in total. The van der Waals surface area contributed by atoms with Gasteiger partial charge in [0.1, 0.15) is 17.0 Å². The topological polar surface area (TPSA) is 133 Å². The second-order valence-corrected chi connectivity index (χ2v) is 11.0. The molecule has 0 spiro atoms. The van der Waals surface area contributed by atoms with E-state index in [9.17, 15) is 9.59 Å². The zero-order chi connectivity index (χ0) is 28.0. The molecule has 11 heteroatoms. The van der Waals surface area contributed by atoms with Crippen LogP contribution in [0, 0.1) is 12.8 Å². The Balaban J connectivity index is 1.36. The Morgan fingerprint density at radius 3 is 2.74 bits per heavy atom. The molecule has 2 aromatic heterocycles. The summed E-state index contributed by atoms with van der Waals surface area (Å²) >= 11 is 0. The van der Waals surface area contributed by atoms with Gasteiger partial charge in [0.15, 0.2) is 0 Å². The van der Waals surface area contributed by atoms with E-state index in [1.54, 1.807) is 18.0 Å². The molecule has 39 heavy (non-hydrogen) atoms. The van der Waals surface area contributed by atoms with Crippen molar-refractivity contribution >= 4 is 12.0 Å². The van der Waals surface area contributed by atoms with E-state index in [0.29, 0.717) is 36.1 Å². The number of alkyl carbamates (subject to hydrolysis) is 1. The summed E-state index contributed by atoms with van der Waals surface area (Å²) in [6.45, 7) is 8.33. The van der Waals surface area contributed by atoms with E-state index in [2.05, 4.69) is 31.0 Å². The minimum Gasteiger partial charge on any atom is -0.497 e. The molecule has 2 atom stereocenters. The van der Waals surface area contributed by atoms with Crippen LogP contribution in [0.3, 0.4) is 0 Å². The molecule has 2 amide bonds. The van der Waals surface area contributed by atoms with Crippen molar-refractivity contribution in [2.24, 2.45) is 5.92 Å². The van der Waals surface area contributed by atoms with Crippen LogP contribution < -0.4 is 15.4 Å². The molecule has 2 heterocycles. The second-order valence-electron chi connectivity index (χ2n) is 11.0. The highest BCUT2D eigenvalue weighted by Crippen LogP contribution is 2.26. The molecule has 0 aliphatic heterocycles. The van der Waals surface area contributed by atoms with E-state index in [0.717, 1.165) is 37.0 Å². The lowest BCUT2D eigenvalue weighted by Crippen LogP contribution is -2.42. The molecule has 3 aromatic rings. The van der Waals surface area contributed by atoms with Gasteiger partial charge in [0.25, 0.3) is 5.91 Å². The van der Waals surface area contributed by atoms with E-state index >= 15 is 0 Å². The van der Waals surface area contributed by atoms with Gasteiger partial charge in [-0.1, -0.05) is 18.6 Å². The van der Waals surface area contributed by atoms with Crippen molar-refractivity contribution in [1.82, 2.24) is 35.8 Å². The Labute approximate surface area is 228 Å². The summed E-state index contributed by atoms with van der Waals surface area (Å²) in [5.41, 5.74) is 2.03. The maximum atomic E-state index is 12.9. The number of ether oxygens (including phenoxy) is 2. The second kappa shape index (κ2) is 12.2. The number of pyridine rings is 1. The molecule has 1 aliphatic rings. The molecule has 1 saturated carbocycles. The smallest absolute Gasteiger partial charge is 0.407 e. The van der Waals surface area contributed by atoms with Gasteiger partial charge >= 0.3 is 6.09 Å². The molecule has 1 aliphatic carbocycles. The Hall–Kier alpha value is -4.02. The van der Waals surface area contributed by atoms with Crippen molar-refractivity contribution in [3.8, 4) is 17.1 Å². The number of aryl methyl sites for hydroxylation is 1. The fourth-order valence-corrected chi connectivity index (χ4v) is 4.70. The average Bonchev–Trinajstić information content (AvgIpc) is 3.34. The number of nitrogens with one attached hydrogen (secondary N) is 2. The lowest BCUT2D eigenvalue weighted by atomic mass is 9.86. The third-order valence-electron chi connectivity index (χ3n) is 6.41. The molecule has 0 radical (unpaired) electrons. The van der Waals surface area contributed by atoms with Crippen LogP contribution in [0.25, 0.3) is 11.4 Å². The Bertz CT molecular complexity index is 1300. The van der Waals surface area contributed by atoms with Crippen LogP contribution in [0.15, 0.2) is 36.4 Å². The number of nitrogens with zero attached hydrogens (tertiary/aromatic N) is 5. The zero-order valence-corrected chi connectivity index (χ0v) is 23.2. The number of rotatable bonds is 8. The lowest BCUT2D eigenvalue weighted by molar-refractivity contribution is 0.0482. The SMILES string of the molecule is COc1cccc(CNC(=O)c2cc(-c3nnn(C[C@@H]4CCC[C@@H](NC(=O)OC(C)(C)C)C4)n3)cc(C)n2)c1. The first-order valence-electron chi connectivity index (χ1n) is 13.3. The highest BCUT2D eigenvalue weighted by molar-refractivity contribution is 5.93. The van der Waals surface area contributed by atoms with Crippen LogP contribution in [0.4, 0.5) is 4.79 Å². The van der Waals surface area contributed by atoms with Crippen LogP contribution in [0.1, 0.15) is 68.2 Å². The van der Waals surface area contributed by atoms with Crippen molar-refractivity contribution in [3.05, 3.63) is 53.3 Å². The predicted octanol–water partition coefficient (Wildman–Crippen LogP) is 4.07. The Morgan fingerprint density at radius 2 is 1.97 bits per heavy atom. The van der Waals surface area contributed by atoms with E-state index < -0.39 is 5.60 Å². The lowest BCUT2D eigenvalue weighted by Gasteiger charge is -2.30. The fraction of sp³-hybridized carbons (Fsp3) is 0.500. The standard InChI is InChI=1S/C28H37N7O4/c1-18-12-21(15-24(30-18)26(36)29-16-19-8-7-11-23(14-19)38-5)25-32-34-35(33-25)17-20-9-6-10-22(13-20)31-27(37)39-28(2,3)4/h7-8,11-12,14-15,20,22H,6,9-10,13,16-17H2,1-5H3,(H,29,36)(H,31,37)/t20-,22-/m1/s1. The highest BCUT2D eigenvalue weighted by Gasteiger charge is 2.26. The van der Waals surface area contributed by atoms with Gasteiger partial charge in [0.05, 0.1) is 13.7 Å². The minimum absolute atomic E-state index is 0.0579. The summed E-state index contributed by atoms with van der Waals surface area (Å²) < 4.78 is 10.6. The van der Waals surface area contributed by atoms with Gasteiger partial charge in [0, 0.05) is 23.8 Å². The molecule has 1 fully saturated rings. The number of benzene rings is 1. The molecule has 11 nitrogen and oxygen atoms in total. The molecule has 208 valence electrons. The monoisotopic (exact) mass is 535 g/mol. The number of aromatic nitrogens is 5. The van der Waals surface area contributed by atoms with E-state index in [-0.39, 0.29) is 23.7 Å². The summed E-state index contributed by atoms with van der Waals surface area (Å²) in [6.07, 6.45) is 3.39. The van der Waals surface area contributed by atoms with E-state index in [1.165, 1.54) is 0 Å². The highest BCUT2D eigenvalue weighted by atomic mass is 16.6. The first kappa shape index (κ1) is 28.0. The van der Waals surface area contributed by atoms with Crippen LogP contribution in [-0.4, -0.2) is 55.9 Å². The van der Waals surface area contributed by atoms with Gasteiger partial charge in [-0.3, -0.25) is 4.79 Å². The zero-order valence-electron chi connectivity index (χ0n) is 23.2. The van der Waals surface area contributed by atoms with Crippen molar-refractivity contribution in [2.45, 2.75) is 78.1 Å². The number of tetrazole rings is 1. The Morgan fingerprint density at radius 1 is 1.15 bits per heavy atom. The maximum Gasteiger partial charge on any atom is 0.407 e. The van der Waals surface area contributed by atoms with Gasteiger partial charge in [-0.05, 0) is 87.9 Å². The summed E-state index contributed by atoms with van der Waals surface area (Å²) in [5, 5.41) is 19.0.